The molecular weight excluding hydrogens is 202 g/mol. The van der Waals surface area contributed by atoms with Gasteiger partial charge in [0.15, 0.2) is 0 Å². The second kappa shape index (κ2) is 4.96. The van der Waals surface area contributed by atoms with Crippen molar-refractivity contribution in [1.82, 2.24) is 9.88 Å². The molecule has 0 bridgehead atoms. The highest BCUT2D eigenvalue weighted by atomic mass is 16.1. The van der Waals surface area contributed by atoms with E-state index in [9.17, 15) is 4.79 Å². The number of hydrogen-bond acceptors (Lipinski definition) is 3. The Morgan fingerprint density at radius 1 is 1.31 bits per heavy atom. The first-order valence-corrected chi connectivity index (χ1v) is 5.73. The summed E-state index contributed by atoms with van der Waals surface area (Å²) in [5, 5.41) is 0. The fraction of sp³-hybridized carbons (Fsp3) is 0.500. The number of amides is 1. The Labute approximate surface area is 95.9 Å². The smallest absolute Gasteiger partial charge is 0.209 e. The molecule has 1 saturated heterocycles. The largest absolute Gasteiger partial charge is 0.353 e. The van der Waals surface area contributed by atoms with Gasteiger partial charge in [-0.25, -0.2) is 4.98 Å². The van der Waals surface area contributed by atoms with E-state index < -0.39 is 0 Å². The summed E-state index contributed by atoms with van der Waals surface area (Å²) in [7, 11) is 0. The molecule has 0 aromatic carbocycles. The van der Waals surface area contributed by atoms with Crippen LogP contribution in [-0.4, -0.2) is 42.5 Å². The number of rotatable bonds is 3. The molecule has 1 aromatic rings. The zero-order valence-corrected chi connectivity index (χ0v) is 9.59. The van der Waals surface area contributed by atoms with Crippen LogP contribution >= 0.6 is 0 Å². The summed E-state index contributed by atoms with van der Waals surface area (Å²) in [6.45, 7) is 5.44. The van der Waals surface area contributed by atoms with Gasteiger partial charge in [-0.1, -0.05) is 13.0 Å². The third-order valence-corrected chi connectivity index (χ3v) is 2.94. The Morgan fingerprint density at radius 3 is 2.69 bits per heavy atom. The molecule has 0 spiro atoms. The van der Waals surface area contributed by atoms with E-state index in [-0.39, 0.29) is 0 Å². The highest BCUT2D eigenvalue weighted by Gasteiger charge is 2.16. The SMILES string of the molecule is CCc1cccc(N2CCN(C=O)CC2)n1. The van der Waals surface area contributed by atoms with Gasteiger partial charge in [0.1, 0.15) is 5.82 Å². The molecule has 86 valence electrons. The lowest BCUT2D eigenvalue weighted by atomic mass is 10.2. The van der Waals surface area contributed by atoms with Crippen molar-refractivity contribution < 1.29 is 4.79 Å². The summed E-state index contributed by atoms with van der Waals surface area (Å²) in [5.41, 5.74) is 1.12. The van der Waals surface area contributed by atoms with E-state index in [1.165, 1.54) is 0 Å². The highest BCUT2D eigenvalue weighted by molar-refractivity contribution is 5.49. The van der Waals surface area contributed by atoms with Crippen LogP contribution in [0, 0.1) is 0 Å². The number of pyridine rings is 1. The van der Waals surface area contributed by atoms with Crippen molar-refractivity contribution in [2.24, 2.45) is 0 Å². The predicted molar refractivity (Wildman–Crippen MR) is 63.5 cm³/mol. The minimum Gasteiger partial charge on any atom is -0.353 e. The van der Waals surface area contributed by atoms with Crippen molar-refractivity contribution in [2.45, 2.75) is 13.3 Å². The maximum absolute atomic E-state index is 10.6. The van der Waals surface area contributed by atoms with Crippen molar-refractivity contribution in [3.05, 3.63) is 23.9 Å². The van der Waals surface area contributed by atoms with Crippen molar-refractivity contribution in [1.29, 1.82) is 0 Å². The normalized spacial score (nSPS) is 16.3. The van der Waals surface area contributed by atoms with Gasteiger partial charge in [-0.05, 0) is 18.6 Å². The van der Waals surface area contributed by atoms with Crippen molar-refractivity contribution >= 4 is 12.2 Å². The molecule has 0 N–H and O–H groups in total. The molecule has 4 heteroatoms. The van der Waals surface area contributed by atoms with E-state index in [0.717, 1.165) is 50.5 Å². The monoisotopic (exact) mass is 219 g/mol. The summed E-state index contributed by atoms with van der Waals surface area (Å²) in [5.74, 6) is 1.03. The van der Waals surface area contributed by atoms with Gasteiger partial charge >= 0.3 is 0 Å². The first kappa shape index (κ1) is 10.9. The number of nitrogens with zero attached hydrogens (tertiary/aromatic N) is 3. The Bertz CT molecular complexity index is 359. The Balaban J connectivity index is 2.04. The zero-order valence-electron chi connectivity index (χ0n) is 9.59. The van der Waals surface area contributed by atoms with Crippen LogP contribution in [0.2, 0.25) is 0 Å². The average Bonchev–Trinajstić information content (AvgIpc) is 2.39. The van der Waals surface area contributed by atoms with E-state index in [0.29, 0.717) is 0 Å². The van der Waals surface area contributed by atoms with Gasteiger partial charge < -0.3 is 9.80 Å². The quantitative estimate of drug-likeness (QED) is 0.709. The van der Waals surface area contributed by atoms with Gasteiger partial charge in [-0.15, -0.1) is 0 Å². The number of anilines is 1. The van der Waals surface area contributed by atoms with Crippen molar-refractivity contribution in [3.8, 4) is 0 Å². The maximum atomic E-state index is 10.6. The summed E-state index contributed by atoms with van der Waals surface area (Å²) in [6.07, 6.45) is 1.88. The number of carbonyl (C=O) groups is 1. The summed E-state index contributed by atoms with van der Waals surface area (Å²) in [6, 6.07) is 6.13. The van der Waals surface area contributed by atoms with E-state index >= 15 is 0 Å². The van der Waals surface area contributed by atoms with Crippen LogP contribution in [0.15, 0.2) is 18.2 Å². The number of aromatic nitrogens is 1. The number of hydrogen-bond donors (Lipinski definition) is 0. The standard InChI is InChI=1S/C12H17N3O/c1-2-11-4-3-5-12(13-11)15-8-6-14(10-16)7-9-15/h3-5,10H,2,6-9H2,1H3. The number of aryl methyl sites for hydroxylation is 1. The van der Waals surface area contributed by atoms with Crippen LogP contribution in [-0.2, 0) is 11.2 Å². The Hall–Kier alpha value is -1.58. The van der Waals surface area contributed by atoms with E-state index in [1.807, 2.05) is 18.2 Å². The second-order valence-corrected chi connectivity index (χ2v) is 3.97. The van der Waals surface area contributed by atoms with Crippen LogP contribution in [0.3, 0.4) is 0 Å². The van der Waals surface area contributed by atoms with Crippen LogP contribution in [0.1, 0.15) is 12.6 Å². The zero-order chi connectivity index (χ0) is 11.4. The fourth-order valence-corrected chi connectivity index (χ4v) is 1.90. The third-order valence-electron chi connectivity index (χ3n) is 2.94. The van der Waals surface area contributed by atoms with Gasteiger partial charge in [-0.3, -0.25) is 4.79 Å². The van der Waals surface area contributed by atoms with Gasteiger partial charge in [0.2, 0.25) is 6.41 Å². The molecular formula is C12H17N3O. The molecule has 2 heterocycles. The second-order valence-electron chi connectivity index (χ2n) is 3.97. The molecule has 0 unspecified atom stereocenters. The molecule has 0 atom stereocenters. The highest BCUT2D eigenvalue weighted by Crippen LogP contribution is 2.13. The third kappa shape index (κ3) is 2.32. The molecule has 1 aromatic heterocycles. The van der Waals surface area contributed by atoms with Crippen LogP contribution in [0.25, 0.3) is 0 Å². The fourth-order valence-electron chi connectivity index (χ4n) is 1.90. The molecule has 1 amide bonds. The van der Waals surface area contributed by atoms with Gasteiger partial charge in [-0.2, -0.15) is 0 Å². The van der Waals surface area contributed by atoms with E-state index in [2.05, 4.69) is 16.8 Å². The van der Waals surface area contributed by atoms with Crippen LogP contribution in [0.4, 0.5) is 5.82 Å². The van der Waals surface area contributed by atoms with Crippen molar-refractivity contribution in [2.75, 3.05) is 31.1 Å². The lowest BCUT2D eigenvalue weighted by Gasteiger charge is -2.33. The molecule has 0 radical (unpaired) electrons. The number of carbonyl (C=O) groups excluding carboxylic acids is 1. The Kier molecular flexibility index (Phi) is 3.39. The molecule has 1 aliphatic rings. The lowest BCUT2D eigenvalue weighted by Crippen LogP contribution is -2.46. The maximum Gasteiger partial charge on any atom is 0.209 e. The van der Waals surface area contributed by atoms with E-state index in [1.54, 1.807) is 4.90 Å². The first-order valence-electron chi connectivity index (χ1n) is 5.73. The molecule has 2 rings (SSSR count). The van der Waals surface area contributed by atoms with Gasteiger partial charge in [0.25, 0.3) is 0 Å². The molecule has 1 aliphatic heterocycles. The predicted octanol–water partition coefficient (Wildman–Crippen LogP) is 0.922. The lowest BCUT2D eigenvalue weighted by molar-refractivity contribution is -0.118. The van der Waals surface area contributed by atoms with Gasteiger partial charge in [0, 0.05) is 31.9 Å². The molecule has 0 saturated carbocycles. The molecule has 4 nitrogen and oxygen atoms in total. The minimum absolute atomic E-state index is 0.793. The number of piperazine rings is 1. The van der Waals surface area contributed by atoms with Crippen molar-refractivity contribution in [3.63, 3.8) is 0 Å². The molecule has 16 heavy (non-hydrogen) atoms. The first-order chi connectivity index (χ1) is 7.83. The summed E-state index contributed by atoms with van der Waals surface area (Å²) < 4.78 is 0. The van der Waals surface area contributed by atoms with Crippen LogP contribution < -0.4 is 4.90 Å². The summed E-state index contributed by atoms with van der Waals surface area (Å²) >= 11 is 0. The Morgan fingerprint density at radius 2 is 2.06 bits per heavy atom. The van der Waals surface area contributed by atoms with Gasteiger partial charge in [0.05, 0.1) is 0 Å². The van der Waals surface area contributed by atoms with Crippen LogP contribution in [0.5, 0.6) is 0 Å². The molecule has 1 fully saturated rings. The average molecular weight is 219 g/mol. The minimum atomic E-state index is 0.793. The van der Waals surface area contributed by atoms with E-state index in [4.69, 9.17) is 0 Å². The summed E-state index contributed by atoms with van der Waals surface area (Å²) in [4.78, 5) is 19.2. The molecule has 0 aliphatic carbocycles. The topological polar surface area (TPSA) is 36.4 Å².